The molecular weight excluding hydrogens is 150 g/mol. The highest BCUT2D eigenvalue weighted by molar-refractivity contribution is 5.52. The summed E-state index contributed by atoms with van der Waals surface area (Å²) in [6.07, 6.45) is 5.49. The van der Waals surface area contributed by atoms with E-state index in [4.69, 9.17) is 0 Å². The fraction of sp³-hybridized carbons (Fsp3) is 0.700. The monoisotopic (exact) mass is 167 g/mol. The third kappa shape index (κ3) is 1.87. The zero-order valence-electron chi connectivity index (χ0n) is 7.97. The van der Waals surface area contributed by atoms with Gasteiger partial charge in [-0.1, -0.05) is 12.5 Å². The molecule has 0 spiro atoms. The summed E-state index contributed by atoms with van der Waals surface area (Å²) in [7, 11) is 0. The fourth-order valence-electron chi connectivity index (χ4n) is 1.63. The highest BCUT2D eigenvalue weighted by atomic mass is 16.1. The molecule has 1 heterocycles. The van der Waals surface area contributed by atoms with Gasteiger partial charge in [-0.25, -0.2) is 0 Å². The summed E-state index contributed by atoms with van der Waals surface area (Å²) in [6, 6.07) is 0. The smallest absolute Gasteiger partial charge is 0.213 e. The molecule has 1 aliphatic heterocycles. The first-order chi connectivity index (χ1) is 5.79. The molecule has 2 heteroatoms. The number of likely N-dealkylation sites (tertiary alicyclic amines) is 1. The summed E-state index contributed by atoms with van der Waals surface area (Å²) in [4.78, 5) is 12.5. The molecule has 1 fully saturated rings. The minimum Gasteiger partial charge on any atom is -0.319 e. The maximum atomic E-state index is 10.7. The topological polar surface area (TPSA) is 20.3 Å². The van der Waals surface area contributed by atoms with E-state index in [0.717, 1.165) is 32.2 Å². The van der Waals surface area contributed by atoms with E-state index in [1.54, 1.807) is 0 Å². The third-order valence-electron chi connectivity index (χ3n) is 2.56. The van der Waals surface area contributed by atoms with Crippen molar-refractivity contribution in [1.29, 1.82) is 0 Å². The van der Waals surface area contributed by atoms with Crippen LogP contribution in [0, 0.1) is 0 Å². The normalized spacial score (nSPS) is 22.3. The van der Waals surface area contributed by atoms with Gasteiger partial charge in [0, 0.05) is 12.2 Å². The second kappa shape index (κ2) is 4.29. The van der Waals surface area contributed by atoms with Gasteiger partial charge in [0.25, 0.3) is 0 Å². The molecule has 0 aromatic carbocycles. The molecule has 0 aliphatic carbocycles. The van der Waals surface area contributed by atoms with E-state index in [9.17, 15) is 4.79 Å². The summed E-state index contributed by atoms with van der Waals surface area (Å²) in [5.74, 6) is 0. The van der Waals surface area contributed by atoms with Crippen LogP contribution in [0.3, 0.4) is 0 Å². The van der Waals surface area contributed by atoms with Gasteiger partial charge in [0.1, 0.15) is 0 Å². The zero-order chi connectivity index (χ0) is 8.97. The Balaban J connectivity index is 2.77. The van der Waals surface area contributed by atoms with Crippen molar-refractivity contribution in [3.05, 3.63) is 11.3 Å². The number of carbonyl (C=O) groups excluding carboxylic acids is 1. The molecule has 1 aliphatic rings. The SMILES string of the molecule is CC/C(C)=C1\CCCCN1C=O. The van der Waals surface area contributed by atoms with Gasteiger partial charge in [0.2, 0.25) is 6.41 Å². The quantitative estimate of drug-likeness (QED) is 0.578. The van der Waals surface area contributed by atoms with Gasteiger partial charge in [0.15, 0.2) is 0 Å². The van der Waals surface area contributed by atoms with Crippen LogP contribution in [0.5, 0.6) is 0 Å². The lowest BCUT2D eigenvalue weighted by Gasteiger charge is -2.27. The van der Waals surface area contributed by atoms with E-state index < -0.39 is 0 Å². The number of rotatable bonds is 2. The molecule has 1 amide bonds. The first-order valence-electron chi connectivity index (χ1n) is 4.70. The van der Waals surface area contributed by atoms with Gasteiger partial charge < -0.3 is 4.90 Å². The van der Waals surface area contributed by atoms with Crippen molar-refractivity contribution < 1.29 is 4.79 Å². The largest absolute Gasteiger partial charge is 0.319 e. The van der Waals surface area contributed by atoms with Crippen LogP contribution in [0.2, 0.25) is 0 Å². The summed E-state index contributed by atoms with van der Waals surface area (Å²) in [5, 5.41) is 0. The van der Waals surface area contributed by atoms with E-state index in [1.807, 2.05) is 4.90 Å². The predicted molar refractivity (Wildman–Crippen MR) is 49.6 cm³/mol. The number of hydrogen-bond acceptors (Lipinski definition) is 1. The standard InChI is InChI=1S/C10H17NO/c1-3-9(2)10-6-4-5-7-11(10)8-12/h8H,3-7H2,1-2H3/b10-9+. The Hall–Kier alpha value is -0.790. The Bertz CT molecular complexity index is 196. The number of allylic oxidation sites excluding steroid dienone is 2. The van der Waals surface area contributed by atoms with Gasteiger partial charge >= 0.3 is 0 Å². The highest BCUT2D eigenvalue weighted by Crippen LogP contribution is 2.23. The number of nitrogens with zero attached hydrogens (tertiary/aromatic N) is 1. The molecule has 1 rings (SSSR count). The third-order valence-corrected chi connectivity index (χ3v) is 2.56. The van der Waals surface area contributed by atoms with Gasteiger partial charge in [-0.2, -0.15) is 0 Å². The number of piperidine rings is 1. The van der Waals surface area contributed by atoms with Crippen LogP contribution in [0.4, 0.5) is 0 Å². The van der Waals surface area contributed by atoms with E-state index in [1.165, 1.54) is 17.7 Å². The minimum absolute atomic E-state index is 0.913. The van der Waals surface area contributed by atoms with E-state index in [0.29, 0.717) is 0 Å². The summed E-state index contributed by atoms with van der Waals surface area (Å²) in [6.45, 7) is 5.17. The molecule has 12 heavy (non-hydrogen) atoms. The zero-order valence-corrected chi connectivity index (χ0v) is 7.97. The van der Waals surface area contributed by atoms with E-state index >= 15 is 0 Å². The van der Waals surface area contributed by atoms with Gasteiger partial charge in [-0.15, -0.1) is 0 Å². The second-order valence-electron chi connectivity index (χ2n) is 3.34. The van der Waals surface area contributed by atoms with E-state index in [2.05, 4.69) is 13.8 Å². The first kappa shape index (κ1) is 9.30. The average molecular weight is 167 g/mol. The fourth-order valence-corrected chi connectivity index (χ4v) is 1.63. The Labute approximate surface area is 74.2 Å². The van der Waals surface area contributed by atoms with Crippen LogP contribution in [-0.4, -0.2) is 17.9 Å². The Morgan fingerprint density at radius 3 is 2.92 bits per heavy atom. The van der Waals surface area contributed by atoms with Crippen molar-refractivity contribution in [2.75, 3.05) is 6.54 Å². The van der Waals surface area contributed by atoms with Crippen LogP contribution < -0.4 is 0 Å². The molecule has 2 nitrogen and oxygen atoms in total. The lowest BCUT2D eigenvalue weighted by Crippen LogP contribution is -2.27. The molecule has 0 radical (unpaired) electrons. The summed E-state index contributed by atoms with van der Waals surface area (Å²) in [5.41, 5.74) is 2.63. The minimum atomic E-state index is 0.913. The first-order valence-corrected chi connectivity index (χ1v) is 4.70. The number of carbonyl (C=O) groups is 1. The maximum absolute atomic E-state index is 10.7. The highest BCUT2D eigenvalue weighted by Gasteiger charge is 2.15. The number of hydrogen-bond donors (Lipinski definition) is 0. The molecule has 0 bridgehead atoms. The van der Waals surface area contributed by atoms with Crippen molar-refractivity contribution in [2.45, 2.75) is 39.5 Å². The van der Waals surface area contributed by atoms with Crippen LogP contribution in [0.1, 0.15) is 39.5 Å². The molecule has 0 atom stereocenters. The van der Waals surface area contributed by atoms with Crippen molar-refractivity contribution in [2.24, 2.45) is 0 Å². The molecule has 0 saturated carbocycles. The van der Waals surface area contributed by atoms with Crippen LogP contribution in [0.15, 0.2) is 11.3 Å². The average Bonchev–Trinajstić information content (AvgIpc) is 2.16. The predicted octanol–water partition coefficient (Wildman–Crippen LogP) is 2.31. The van der Waals surface area contributed by atoms with E-state index in [-0.39, 0.29) is 0 Å². The molecular formula is C10H17NO. The molecule has 0 aromatic rings. The summed E-state index contributed by atoms with van der Waals surface area (Å²) >= 11 is 0. The van der Waals surface area contributed by atoms with Crippen molar-refractivity contribution in [3.8, 4) is 0 Å². The molecule has 68 valence electrons. The van der Waals surface area contributed by atoms with Gasteiger partial charge in [-0.05, 0) is 32.6 Å². The van der Waals surface area contributed by atoms with Crippen molar-refractivity contribution in [3.63, 3.8) is 0 Å². The Morgan fingerprint density at radius 2 is 2.33 bits per heavy atom. The van der Waals surface area contributed by atoms with Crippen LogP contribution in [-0.2, 0) is 4.79 Å². The molecule has 0 N–H and O–H groups in total. The molecule has 1 saturated heterocycles. The molecule has 0 aromatic heterocycles. The summed E-state index contributed by atoms with van der Waals surface area (Å²) < 4.78 is 0. The van der Waals surface area contributed by atoms with Gasteiger partial charge in [-0.3, -0.25) is 4.79 Å². The Kier molecular flexibility index (Phi) is 3.32. The Morgan fingerprint density at radius 1 is 1.58 bits per heavy atom. The van der Waals surface area contributed by atoms with Crippen molar-refractivity contribution in [1.82, 2.24) is 4.90 Å². The van der Waals surface area contributed by atoms with Crippen molar-refractivity contribution >= 4 is 6.41 Å². The lowest BCUT2D eigenvalue weighted by atomic mass is 10.0. The molecule has 0 unspecified atom stereocenters. The second-order valence-corrected chi connectivity index (χ2v) is 3.34. The lowest BCUT2D eigenvalue weighted by molar-refractivity contribution is -0.117. The number of amides is 1. The van der Waals surface area contributed by atoms with Crippen LogP contribution >= 0.6 is 0 Å². The van der Waals surface area contributed by atoms with Crippen LogP contribution in [0.25, 0.3) is 0 Å². The van der Waals surface area contributed by atoms with Gasteiger partial charge in [0.05, 0.1) is 0 Å². The maximum Gasteiger partial charge on any atom is 0.213 e.